The lowest BCUT2D eigenvalue weighted by molar-refractivity contribution is 0.930. The molecule has 0 heterocycles. The first-order valence-electron chi connectivity index (χ1n) is 18.1. The highest BCUT2D eigenvalue weighted by Crippen LogP contribution is 2.50. The molecule has 0 aromatic heterocycles. The van der Waals surface area contributed by atoms with Gasteiger partial charge in [0.05, 0.1) is 0 Å². The normalized spacial score (nSPS) is 15.2. The van der Waals surface area contributed by atoms with E-state index in [2.05, 4.69) is 168 Å². The van der Waals surface area contributed by atoms with Gasteiger partial charge in [-0.1, -0.05) is 115 Å². The fourth-order valence-corrected chi connectivity index (χ4v) is 9.19. The monoisotopic (exact) mass is 647 g/mol. The van der Waals surface area contributed by atoms with Gasteiger partial charge in [-0.2, -0.15) is 0 Å². The minimum atomic E-state index is 0.960. The summed E-state index contributed by atoms with van der Waals surface area (Å²) in [6.45, 7) is 0. The Morgan fingerprint density at radius 2 is 1.25 bits per heavy atom. The van der Waals surface area contributed by atoms with E-state index in [1.54, 1.807) is 0 Å². The number of nitrogens with zero attached hydrogens (tertiary/aromatic N) is 1. The topological polar surface area (TPSA) is 3.24 Å². The van der Waals surface area contributed by atoms with Crippen LogP contribution in [0.1, 0.15) is 42.4 Å². The van der Waals surface area contributed by atoms with Crippen LogP contribution in [0.5, 0.6) is 0 Å². The van der Waals surface area contributed by atoms with Crippen molar-refractivity contribution in [1.29, 1.82) is 0 Å². The quantitative estimate of drug-likeness (QED) is 0.168. The van der Waals surface area contributed by atoms with Crippen molar-refractivity contribution in [2.75, 3.05) is 4.90 Å². The third kappa shape index (κ3) is 4.17. The zero-order chi connectivity index (χ0) is 33.5. The largest absolute Gasteiger partial charge is 0.314 e. The lowest BCUT2D eigenvalue weighted by Gasteiger charge is -2.30. The van der Waals surface area contributed by atoms with Crippen LogP contribution < -0.4 is 10.1 Å². The second-order valence-corrected chi connectivity index (χ2v) is 14.1. The molecule has 3 aliphatic rings. The molecule has 11 rings (SSSR count). The van der Waals surface area contributed by atoms with Gasteiger partial charge in [0.25, 0.3) is 0 Å². The van der Waals surface area contributed by atoms with Crippen LogP contribution in [0.25, 0.3) is 76.8 Å². The van der Waals surface area contributed by atoms with Crippen molar-refractivity contribution in [3.63, 3.8) is 0 Å². The Morgan fingerprint density at radius 3 is 2.00 bits per heavy atom. The number of allylic oxidation sites excluding steroid dienone is 8. The Labute approximate surface area is 296 Å². The van der Waals surface area contributed by atoms with Gasteiger partial charge in [0.15, 0.2) is 0 Å². The molecule has 1 nitrogen and oxygen atoms in total. The predicted octanol–water partition coefficient (Wildman–Crippen LogP) is 12.8. The Hall–Kier alpha value is -6.36. The highest BCUT2D eigenvalue weighted by molar-refractivity contribution is 6.42. The van der Waals surface area contributed by atoms with Crippen LogP contribution in [0, 0.1) is 0 Å². The molecule has 0 saturated carbocycles. The molecular formula is C50H33N. The zero-order valence-electron chi connectivity index (χ0n) is 28.2. The molecule has 0 amide bonds. The van der Waals surface area contributed by atoms with E-state index in [1.165, 1.54) is 104 Å². The maximum atomic E-state index is 3.61. The molecule has 8 aromatic rings. The molecule has 0 radical (unpaired) electrons. The van der Waals surface area contributed by atoms with Crippen molar-refractivity contribution in [2.45, 2.75) is 25.7 Å². The average molecular weight is 648 g/mol. The lowest BCUT2D eigenvalue weighted by Crippen LogP contribution is -2.17. The molecule has 0 unspecified atom stereocenters. The van der Waals surface area contributed by atoms with Gasteiger partial charge in [-0.15, -0.1) is 0 Å². The molecule has 0 bridgehead atoms. The van der Waals surface area contributed by atoms with E-state index >= 15 is 0 Å². The van der Waals surface area contributed by atoms with Crippen molar-refractivity contribution in [1.82, 2.24) is 0 Å². The summed E-state index contributed by atoms with van der Waals surface area (Å²) in [5, 5.41) is 14.7. The Morgan fingerprint density at radius 1 is 0.510 bits per heavy atom. The fourth-order valence-electron chi connectivity index (χ4n) is 9.19. The van der Waals surface area contributed by atoms with Gasteiger partial charge < -0.3 is 4.90 Å². The van der Waals surface area contributed by atoms with E-state index in [1.807, 2.05) is 0 Å². The number of rotatable bonds is 5. The summed E-state index contributed by atoms with van der Waals surface area (Å²) >= 11 is 0. The van der Waals surface area contributed by atoms with E-state index in [-0.39, 0.29) is 0 Å². The van der Waals surface area contributed by atoms with E-state index in [9.17, 15) is 0 Å². The number of para-hydroxylation sites is 2. The minimum absolute atomic E-state index is 0.960. The fraction of sp³-hybridized carbons (Fsp3) is 0.0800. The third-order valence-electron chi connectivity index (χ3n) is 11.3. The molecule has 238 valence electrons. The van der Waals surface area contributed by atoms with Crippen molar-refractivity contribution in [3.05, 3.63) is 179 Å². The molecule has 8 aromatic carbocycles. The maximum Gasteiger partial charge on any atom is 0.0458 e. The summed E-state index contributed by atoms with van der Waals surface area (Å²) in [6.07, 6.45) is 17.8. The molecule has 0 spiro atoms. The Bertz CT molecular complexity index is 2970. The van der Waals surface area contributed by atoms with Crippen LogP contribution in [-0.2, 0) is 0 Å². The first-order chi connectivity index (χ1) is 25.3. The lowest BCUT2D eigenvalue weighted by atomic mass is 9.85. The Kier molecular flexibility index (Phi) is 6.18. The highest BCUT2D eigenvalue weighted by atomic mass is 15.1. The maximum absolute atomic E-state index is 3.61. The van der Waals surface area contributed by atoms with Crippen LogP contribution >= 0.6 is 0 Å². The average Bonchev–Trinajstić information content (AvgIpc) is 3.71. The predicted molar refractivity (Wildman–Crippen MR) is 218 cm³/mol. The van der Waals surface area contributed by atoms with Crippen molar-refractivity contribution in [2.24, 2.45) is 0 Å². The number of benzene rings is 6. The van der Waals surface area contributed by atoms with E-state index < -0.39 is 0 Å². The van der Waals surface area contributed by atoms with Gasteiger partial charge in [-0.3, -0.25) is 0 Å². The van der Waals surface area contributed by atoms with E-state index in [0.717, 1.165) is 25.7 Å². The number of anilines is 2. The minimum Gasteiger partial charge on any atom is -0.314 e. The standard InChI is InChI=1S/C50H33N/c1-4-14-34(15-5-1)46-44-31-35(32-26-28-38(29-27-32)51(36-18-6-2-7-19-36)37-20-8-3-9-21-37)30-43-39-22-10-11-23-40(39)48(47(43)44)50-42-25-13-17-33-16-12-24-41(45(33)42)49(46)50/h1-4,6-12,14,16-24,26,28,30-31H,5,15,27,29H2. The van der Waals surface area contributed by atoms with E-state index in [4.69, 9.17) is 0 Å². The second kappa shape index (κ2) is 11.1. The molecule has 3 aliphatic carbocycles. The van der Waals surface area contributed by atoms with Crippen LogP contribution in [0.15, 0.2) is 157 Å². The number of fused-ring (bicyclic) bond motifs is 7. The number of hydrogen-bond acceptors (Lipinski definition) is 1. The molecule has 0 aliphatic heterocycles. The smallest absolute Gasteiger partial charge is 0.0458 e. The molecule has 51 heavy (non-hydrogen) atoms. The molecule has 0 fully saturated rings. The van der Waals surface area contributed by atoms with Gasteiger partial charge in [-0.05, 0) is 145 Å². The zero-order valence-corrected chi connectivity index (χ0v) is 28.2. The third-order valence-corrected chi connectivity index (χ3v) is 11.3. The van der Waals surface area contributed by atoms with E-state index in [0.29, 0.717) is 0 Å². The molecular weight excluding hydrogens is 615 g/mol. The van der Waals surface area contributed by atoms with Crippen molar-refractivity contribution < 1.29 is 0 Å². The molecule has 1 heteroatoms. The van der Waals surface area contributed by atoms with Gasteiger partial charge in [0.1, 0.15) is 0 Å². The van der Waals surface area contributed by atoms with Crippen LogP contribution in [-0.4, -0.2) is 0 Å². The first kappa shape index (κ1) is 28.5. The summed E-state index contributed by atoms with van der Waals surface area (Å²) in [6, 6.07) is 42.3. The van der Waals surface area contributed by atoms with Crippen LogP contribution in [0.3, 0.4) is 0 Å². The molecule has 0 atom stereocenters. The number of hydrogen-bond donors (Lipinski definition) is 0. The summed E-state index contributed by atoms with van der Waals surface area (Å²) in [5.41, 5.74) is 17.5. The molecule has 0 N–H and O–H groups in total. The van der Waals surface area contributed by atoms with Gasteiger partial charge >= 0.3 is 0 Å². The van der Waals surface area contributed by atoms with Gasteiger partial charge in [0.2, 0.25) is 0 Å². The van der Waals surface area contributed by atoms with Crippen molar-refractivity contribution in [3.8, 4) is 0 Å². The van der Waals surface area contributed by atoms with Crippen LogP contribution in [0.2, 0.25) is 0 Å². The summed E-state index contributed by atoms with van der Waals surface area (Å²) in [7, 11) is 0. The van der Waals surface area contributed by atoms with Gasteiger partial charge in [-0.25, -0.2) is 0 Å². The van der Waals surface area contributed by atoms with Gasteiger partial charge in [0, 0.05) is 33.1 Å². The Balaban J connectivity index is 1.21. The summed E-state index contributed by atoms with van der Waals surface area (Å²) in [4.78, 5) is 2.41. The van der Waals surface area contributed by atoms with Crippen LogP contribution in [0.4, 0.5) is 11.4 Å². The molecule has 0 saturated heterocycles. The van der Waals surface area contributed by atoms with Crippen molar-refractivity contribution >= 4 is 88.2 Å². The highest BCUT2D eigenvalue weighted by Gasteiger charge is 2.27. The SMILES string of the molecule is C1=C=c2c3c(cccc3c3c(C4=CC=CCC4)c4cc(C5=CC=C(N(c6ccccc6)c6ccccc6)CC5)cc5c6ccccc6c(c23)c45)C=1. The summed E-state index contributed by atoms with van der Waals surface area (Å²) < 4.78 is 0. The summed E-state index contributed by atoms with van der Waals surface area (Å²) in [5.74, 6) is 0. The second-order valence-electron chi connectivity index (χ2n) is 14.1. The first-order valence-corrected chi connectivity index (χ1v) is 18.1.